The molecule has 0 bridgehead atoms. The molecule has 0 spiro atoms. The van der Waals surface area contributed by atoms with Gasteiger partial charge in [0.25, 0.3) is 0 Å². The Hall–Kier alpha value is -1.44. The van der Waals surface area contributed by atoms with Crippen LogP contribution in [0, 0.1) is 17.2 Å². The Kier molecular flexibility index (Phi) is 5.42. The van der Waals surface area contributed by atoms with Crippen LogP contribution in [0.25, 0.3) is 0 Å². The molecule has 2 heterocycles. The van der Waals surface area contributed by atoms with E-state index < -0.39 is 0 Å². The quantitative estimate of drug-likeness (QED) is 0.928. The highest BCUT2D eigenvalue weighted by Gasteiger charge is 2.25. The van der Waals surface area contributed by atoms with Crippen LogP contribution in [0.4, 0.5) is 0 Å². The van der Waals surface area contributed by atoms with Crippen LogP contribution in [0.2, 0.25) is 0 Å². The van der Waals surface area contributed by atoms with E-state index >= 15 is 0 Å². The van der Waals surface area contributed by atoms with Crippen molar-refractivity contribution in [1.82, 2.24) is 10.3 Å². The Balaban J connectivity index is 1.47. The second kappa shape index (κ2) is 7.71. The number of piperidine rings is 1. The van der Waals surface area contributed by atoms with Crippen molar-refractivity contribution in [2.24, 2.45) is 5.92 Å². The minimum absolute atomic E-state index is 0.415. The first kappa shape index (κ1) is 15.5. The molecule has 0 radical (unpaired) electrons. The highest BCUT2D eigenvalue weighted by molar-refractivity contribution is 5.37. The van der Waals surface area contributed by atoms with Gasteiger partial charge in [-0.05, 0) is 75.1 Å². The summed E-state index contributed by atoms with van der Waals surface area (Å²) in [7, 11) is 0. The third kappa shape index (κ3) is 3.85. The van der Waals surface area contributed by atoms with Crippen molar-refractivity contribution >= 4 is 0 Å². The van der Waals surface area contributed by atoms with Gasteiger partial charge in [0.1, 0.15) is 6.07 Å². The Morgan fingerprint density at radius 3 is 2.68 bits per heavy atom. The summed E-state index contributed by atoms with van der Waals surface area (Å²) in [5.74, 6) is 1.24. The Morgan fingerprint density at radius 1 is 1.18 bits per heavy atom. The molecule has 0 atom stereocenters. The Bertz CT molecular complexity index is 511. The first-order valence-corrected chi connectivity index (χ1v) is 8.53. The average molecular weight is 299 g/mol. The maximum atomic E-state index is 9.21. The fourth-order valence-corrected chi connectivity index (χ4v) is 3.72. The first-order valence-electron chi connectivity index (χ1n) is 8.53. The summed E-state index contributed by atoms with van der Waals surface area (Å²) in [6, 6.07) is 4.29. The fourth-order valence-electron chi connectivity index (χ4n) is 3.72. The normalized spacial score (nSPS) is 26.5. The van der Waals surface area contributed by atoms with Gasteiger partial charge in [0, 0.05) is 19.0 Å². The van der Waals surface area contributed by atoms with Crippen molar-refractivity contribution in [3.05, 3.63) is 29.6 Å². The van der Waals surface area contributed by atoms with Crippen LogP contribution in [0.15, 0.2) is 18.5 Å². The minimum Gasteiger partial charge on any atom is -0.378 e. The molecule has 2 aliphatic rings. The van der Waals surface area contributed by atoms with Crippen LogP contribution in [0.5, 0.6) is 0 Å². The third-order valence-corrected chi connectivity index (χ3v) is 5.12. The molecule has 1 saturated heterocycles. The molecule has 2 fully saturated rings. The number of hydrogen-bond acceptors (Lipinski definition) is 4. The molecule has 22 heavy (non-hydrogen) atoms. The minimum atomic E-state index is 0.415. The van der Waals surface area contributed by atoms with Crippen LogP contribution < -0.4 is 5.32 Å². The van der Waals surface area contributed by atoms with Gasteiger partial charge in [0.15, 0.2) is 0 Å². The topological polar surface area (TPSA) is 57.9 Å². The zero-order chi connectivity index (χ0) is 15.2. The highest BCUT2D eigenvalue weighted by Crippen LogP contribution is 2.35. The second-order valence-corrected chi connectivity index (χ2v) is 6.58. The smallest absolute Gasteiger partial charge is 0.101 e. The van der Waals surface area contributed by atoms with Crippen molar-refractivity contribution < 1.29 is 4.74 Å². The molecule has 0 aromatic carbocycles. The molecule has 1 N–H and O–H groups in total. The molecular weight excluding hydrogens is 274 g/mol. The lowest BCUT2D eigenvalue weighted by molar-refractivity contribution is -0.000473. The van der Waals surface area contributed by atoms with Gasteiger partial charge in [-0.1, -0.05) is 0 Å². The number of ether oxygens (including phenoxy) is 1. The number of hydrogen-bond donors (Lipinski definition) is 1. The van der Waals surface area contributed by atoms with Gasteiger partial charge < -0.3 is 10.1 Å². The van der Waals surface area contributed by atoms with E-state index in [-0.39, 0.29) is 0 Å². The van der Waals surface area contributed by atoms with Crippen molar-refractivity contribution in [3.8, 4) is 6.07 Å². The van der Waals surface area contributed by atoms with Crippen LogP contribution in [0.3, 0.4) is 0 Å². The van der Waals surface area contributed by atoms with E-state index in [0.717, 1.165) is 56.9 Å². The standard InChI is InChI=1S/C18H25N3O/c19-11-16-12-21-10-7-18(16)15-1-3-17(4-2-15)22-13-14-5-8-20-9-6-14/h7,10,12,14-15,17,20H,1-6,8-9,13H2. The lowest BCUT2D eigenvalue weighted by Crippen LogP contribution is -2.31. The van der Waals surface area contributed by atoms with Gasteiger partial charge in [0.05, 0.1) is 11.7 Å². The molecule has 0 unspecified atom stereocenters. The van der Waals surface area contributed by atoms with E-state index in [0.29, 0.717) is 12.0 Å². The van der Waals surface area contributed by atoms with Crippen molar-refractivity contribution in [3.63, 3.8) is 0 Å². The summed E-state index contributed by atoms with van der Waals surface area (Å²) in [4.78, 5) is 4.05. The van der Waals surface area contributed by atoms with Gasteiger partial charge in [0.2, 0.25) is 0 Å². The van der Waals surface area contributed by atoms with Gasteiger partial charge in [-0.25, -0.2) is 0 Å². The molecule has 1 aromatic heterocycles. The molecule has 4 heteroatoms. The lowest BCUT2D eigenvalue weighted by atomic mass is 9.81. The zero-order valence-corrected chi connectivity index (χ0v) is 13.1. The van der Waals surface area contributed by atoms with Crippen LogP contribution in [-0.2, 0) is 4.74 Å². The maximum absolute atomic E-state index is 9.21. The molecule has 1 aliphatic carbocycles. The number of rotatable bonds is 4. The van der Waals surface area contributed by atoms with Crippen molar-refractivity contribution in [2.75, 3.05) is 19.7 Å². The van der Waals surface area contributed by atoms with E-state index in [1.807, 2.05) is 6.07 Å². The number of pyridine rings is 1. The molecular formula is C18H25N3O. The van der Waals surface area contributed by atoms with E-state index in [9.17, 15) is 5.26 Å². The maximum Gasteiger partial charge on any atom is 0.101 e. The van der Waals surface area contributed by atoms with Crippen LogP contribution in [-0.4, -0.2) is 30.8 Å². The van der Waals surface area contributed by atoms with Crippen molar-refractivity contribution in [2.45, 2.75) is 50.5 Å². The lowest BCUT2D eigenvalue weighted by Gasteiger charge is -2.31. The predicted octanol–water partition coefficient (Wildman–Crippen LogP) is 3.00. The van der Waals surface area contributed by atoms with Gasteiger partial charge >= 0.3 is 0 Å². The third-order valence-electron chi connectivity index (χ3n) is 5.12. The number of nitriles is 1. The van der Waals surface area contributed by atoms with Crippen molar-refractivity contribution in [1.29, 1.82) is 5.26 Å². The first-order chi connectivity index (χ1) is 10.9. The van der Waals surface area contributed by atoms with Crippen LogP contribution in [0.1, 0.15) is 55.6 Å². The van der Waals surface area contributed by atoms with Crippen LogP contribution >= 0.6 is 0 Å². The number of nitrogens with one attached hydrogen (secondary N) is 1. The fraction of sp³-hybridized carbons (Fsp3) is 0.667. The molecule has 118 valence electrons. The van der Waals surface area contributed by atoms with E-state index in [2.05, 4.69) is 16.4 Å². The second-order valence-electron chi connectivity index (χ2n) is 6.58. The summed E-state index contributed by atoms with van der Waals surface area (Å²) in [6.45, 7) is 3.20. The number of aromatic nitrogens is 1. The summed E-state index contributed by atoms with van der Waals surface area (Å²) < 4.78 is 6.16. The molecule has 0 amide bonds. The van der Waals surface area contributed by atoms with Gasteiger partial charge in [-0.2, -0.15) is 5.26 Å². The molecule has 1 aliphatic heterocycles. The molecule has 3 rings (SSSR count). The van der Waals surface area contributed by atoms with Gasteiger partial charge in [-0.3, -0.25) is 4.98 Å². The summed E-state index contributed by atoms with van der Waals surface area (Å²) >= 11 is 0. The molecule has 1 saturated carbocycles. The summed E-state index contributed by atoms with van der Waals surface area (Å²) in [5.41, 5.74) is 1.91. The molecule has 1 aromatic rings. The zero-order valence-electron chi connectivity index (χ0n) is 13.1. The Labute approximate surface area is 132 Å². The number of nitrogens with zero attached hydrogens (tertiary/aromatic N) is 2. The summed E-state index contributed by atoms with van der Waals surface area (Å²) in [6.07, 6.45) is 10.9. The Morgan fingerprint density at radius 2 is 1.95 bits per heavy atom. The predicted molar refractivity (Wildman–Crippen MR) is 85.5 cm³/mol. The van der Waals surface area contributed by atoms with Gasteiger partial charge in [-0.15, -0.1) is 0 Å². The van der Waals surface area contributed by atoms with E-state index in [1.54, 1.807) is 12.4 Å². The SMILES string of the molecule is N#Cc1cnccc1C1CCC(OCC2CCNCC2)CC1. The van der Waals surface area contributed by atoms with E-state index in [4.69, 9.17) is 4.74 Å². The highest BCUT2D eigenvalue weighted by atomic mass is 16.5. The average Bonchev–Trinajstić information content (AvgIpc) is 2.61. The monoisotopic (exact) mass is 299 g/mol. The summed E-state index contributed by atoms with van der Waals surface area (Å²) in [5, 5.41) is 12.6. The van der Waals surface area contributed by atoms with E-state index in [1.165, 1.54) is 18.4 Å². The molecule has 4 nitrogen and oxygen atoms in total. The largest absolute Gasteiger partial charge is 0.378 e.